The molecule has 1 aromatic carbocycles. The van der Waals surface area contributed by atoms with Gasteiger partial charge in [-0.3, -0.25) is 0 Å². The zero-order valence-electron chi connectivity index (χ0n) is 10.2. The summed E-state index contributed by atoms with van der Waals surface area (Å²) < 4.78 is 24.2. The number of benzene rings is 1. The number of nitrogens with two attached hydrogens (primary N) is 1. The number of sulfonamides is 1. The molecule has 1 aliphatic heterocycles. The van der Waals surface area contributed by atoms with E-state index in [2.05, 4.69) is 4.90 Å². The van der Waals surface area contributed by atoms with Gasteiger partial charge in [0, 0.05) is 31.9 Å². The second-order valence-corrected chi connectivity index (χ2v) is 6.37. The van der Waals surface area contributed by atoms with Gasteiger partial charge in [0.05, 0.1) is 11.9 Å². The summed E-state index contributed by atoms with van der Waals surface area (Å²) in [5.74, 6) is 0.0634. The molecule has 0 aromatic heterocycles. The molecule has 1 fully saturated rings. The van der Waals surface area contributed by atoms with Crippen molar-refractivity contribution in [3.63, 3.8) is 0 Å². The minimum atomic E-state index is -3.10. The number of rotatable bonds is 2. The van der Waals surface area contributed by atoms with Crippen LogP contribution in [-0.4, -0.2) is 50.3 Å². The van der Waals surface area contributed by atoms with Crippen molar-refractivity contribution >= 4 is 21.4 Å². The third-order valence-electron chi connectivity index (χ3n) is 3.08. The van der Waals surface area contributed by atoms with E-state index in [1.165, 1.54) is 10.6 Å². The Labute approximate surface area is 107 Å². The van der Waals surface area contributed by atoms with E-state index in [0.29, 0.717) is 31.9 Å². The Hall–Kier alpha value is -1.47. The summed E-state index contributed by atoms with van der Waals surface area (Å²) in [6, 6.07) is 5.03. The van der Waals surface area contributed by atoms with Crippen molar-refractivity contribution in [2.75, 3.05) is 43.1 Å². The van der Waals surface area contributed by atoms with E-state index < -0.39 is 10.0 Å². The minimum Gasteiger partial charge on any atom is -0.506 e. The zero-order valence-corrected chi connectivity index (χ0v) is 11.0. The average molecular weight is 271 g/mol. The molecule has 1 heterocycles. The fraction of sp³-hybridized carbons (Fsp3) is 0.455. The Bertz CT molecular complexity index is 536. The van der Waals surface area contributed by atoms with E-state index in [9.17, 15) is 13.5 Å². The maximum atomic E-state index is 11.4. The summed E-state index contributed by atoms with van der Waals surface area (Å²) in [6.45, 7) is 2.19. The van der Waals surface area contributed by atoms with Crippen LogP contribution in [0, 0.1) is 0 Å². The first-order valence-electron chi connectivity index (χ1n) is 5.66. The van der Waals surface area contributed by atoms with Gasteiger partial charge in [0.2, 0.25) is 10.0 Å². The highest BCUT2D eigenvalue weighted by Crippen LogP contribution is 2.26. The van der Waals surface area contributed by atoms with Crippen LogP contribution < -0.4 is 10.6 Å². The smallest absolute Gasteiger partial charge is 0.211 e. The Morgan fingerprint density at radius 1 is 1.22 bits per heavy atom. The van der Waals surface area contributed by atoms with Crippen molar-refractivity contribution < 1.29 is 13.5 Å². The first-order chi connectivity index (χ1) is 8.38. The first kappa shape index (κ1) is 13.0. The molecule has 3 N–H and O–H groups in total. The summed E-state index contributed by atoms with van der Waals surface area (Å²) in [7, 11) is -3.10. The average Bonchev–Trinajstić information content (AvgIpc) is 2.32. The number of aromatic hydroxyl groups is 1. The van der Waals surface area contributed by atoms with Crippen LogP contribution in [0.2, 0.25) is 0 Å². The molecule has 0 atom stereocenters. The highest BCUT2D eigenvalue weighted by Gasteiger charge is 2.23. The predicted octanol–water partition coefficient (Wildman–Crippen LogP) is 0.0560. The van der Waals surface area contributed by atoms with Crippen LogP contribution in [0.25, 0.3) is 0 Å². The van der Waals surface area contributed by atoms with Crippen LogP contribution in [0.3, 0.4) is 0 Å². The highest BCUT2D eigenvalue weighted by atomic mass is 32.2. The molecule has 100 valence electrons. The van der Waals surface area contributed by atoms with Crippen LogP contribution in [0.1, 0.15) is 0 Å². The summed E-state index contributed by atoms with van der Waals surface area (Å²) >= 11 is 0. The molecule has 0 amide bonds. The molecule has 0 bridgehead atoms. The van der Waals surface area contributed by atoms with Gasteiger partial charge >= 0.3 is 0 Å². The fourth-order valence-corrected chi connectivity index (χ4v) is 2.84. The first-order valence-corrected chi connectivity index (χ1v) is 7.51. The van der Waals surface area contributed by atoms with Gasteiger partial charge in [-0.25, -0.2) is 8.42 Å². The summed E-state index contributed by atoms with van der Waals surface area (Å²) in [4.78, 5) is 2.05. The lowest BCUT2D eigenvalue weighted by Crippen LogP contribution is -2.48. The fourth-order valence-electron chi connectivity index (χ4n) is 2.02. The molecule has 0 unspecified atom stereocenters. The normalized spacial score (nSPS) is 17.9. The number of nitrogens with zero attached hydrogens (tertiary/aromatic N) is 2. The number of hydrogen-bond donors (Lipinski definition) is 2. The van der Waals surface area contributed by atoms with Crippen molar-refractivity contribution in [1.82, 2.24) is 4.31 Å². The summed E-state index contributed by atoms with van der Waals surface area (Å²) in [5.41, 5.74) is 6.87. The number of phenols is 1. The lowest BCUT2D eigenvalue weighted by atomic mass is 10.2. The quantitative estimate of drug-likeness (QED) is 0.586. The van der Waals surface area contributed by atoms with Crippen LogP contribution in [-0.2, 0) is 10.0 Å². The molecule has 1 aliphatic rings. The van der Waals surface area contributed by atoms with Gasteiger partial charge < -0.3 is 15.7 Å². The van der Waals surface area contributed by atoms with Crippen molar-refractivity contribution in [2.45, 2.75) is 0 Å². The lowest BCUT2D eigenvalue weighted by molar-refractivity contribution is 0.388. The predicted molar refractivity (Wildman–Crippen MR) is 71.1 cm³/mol. The molecule has 7 heteroatoms. The molecule has 2 rings (SSSR count). The van der Waals surface area contributed by atoms with Gasteiger partial charge in [-0.1, -0.05) is 0 Å². The number of piperazine rings is 1. The van der Waals surface area contributed by atoms with Crippen molar-refractivity contribution in [3.8, 4) is 5.75 Å². The molecule has 0 spiro atoms. The van der Waals surface area contributed by atoms with Crippen LogP contribution >= 0.6 is 0 Å². The second kappa shape index (κ2) is 4.66. The zero-order chi connectivity index (χ0) is 13.3. The van der Waals surface area contributed by atoms with Gasteiger partial charge in [-0.15, -0.1) is 0 Å². The maximum absolute atomic E-state index is 11.4. The molecular formula is C11H17N3O3S. The Kier molecular flexibility index (Phi) is 3.36. The van der Waals surface area contributed by atoms with Gasteiger partial charge in [0.15, 0.2) is 0 Å². The SMILES string of the molecule is CS(=O)(=O)N1CCN(c2ccc(O)c(N)c2)CC1. The van der Waals surface area contributed by atoms with E-state index in [0.717, 1.165) is 5.69 Å². The summed E-state index contributed by atoms with van der Waals surface area (Å²) in [5, 5.41) is 9.36. The monoisotopic (exact) mass is 271 g/mol. The van der Waals surface area contributed by atoms with Gasteiger partial charge in [0.25, 0.3) is 0 Å². The number of nitrogen functional groups attached to an aromatic ring is 1. The van der Waals surface area contributed by atoms with Gasteiger partial charge in [-0.2, -0.15) is 4.31 Å². The molecular weight excluding hydrogens is 254 g/mol. The molecule has 0 radical (unpaired) electrons. The Balaban J connectivity index is 2.08. The molecule has 18 heavy (non-hydrogen) atoms. The highest BCUT2D eigenvalue weighted by molar-refractivity contribution is 7.88. The van der Waals surface area contributed by atoms with E-state index in [-0.39, 0.29) is 5.75 Å². The number of hydrogen-bond acceptors (Lipinski definition) is 5. The van der Waals surface area contributed by atoms with Crippen molar-refractivity contribution in [2.24, 2.45) is 0 Å². The number of phenolic OH excluding ortho intramolecular Hbond substituents is 1. The standard InChI is InChI=1S/C11H17N3O3S/c1-18(16,17)14-6-4-13(5-7-14)9-2-3-11(15)10(12)8-9/h2-3,8,15H,4-7,12H2,1H3. The molecule has 6 nitrogen and oxygen atoms in total. The van der Waals surface area contributed by atoms with Gasteiger partial charge in [0.1, 0.15) is 5.75 Å². The van der Waals surface area contributed by atoms with E-state index in [4.69, 9.17) is 5.73 Å². The van der Waals surface area contributed by atoms with Crippen molar-refractivity contribution in [1.29, 1.82) is 0 Å². The largest absolute Gasteiger partial charge is 0.506 e. The number of anilines is 2. The third-order valence-corrected chi connectivity index (χ3v) is 4.39. The third kappa shape index (κ3) is 2.68. The van der Waals surface area contributed by atoms with Crippen LogP contribution in [0.15, 0.2) is 18.2 Å². The van der Waals surface area contributed by atoms with E-state index in [1.807, 2.05) is 0 Å². The van der Waals surface area contributed by atoms with E-state index >= 15 is 0 Å². The van der Waals surface area contributed by atoms with E-state index in [1.54, 1.807) is 18.2 Å². The minimum absolute atomic E-state index is 0.0634. The Morgan fingerprint density at radius 3 is 2.33 bits per heavy atom. The maximum Gasteiger partial charge on any atom is 0.211 e. The molecule has 1 aromatic rings. The Morgan fingerprint density at radius 2 is 1.83 bits per heavy atom. The lowest BCUT2D eigenvalue weighted by Gasteiger charge is -2.34. The topological polar surface area (TPSA) is 86.9 Å². The van der Waals surface area contributed by atoms with Gasteiger partial charge in [-0.05, 0) is 18.2 Å². The molecule has 0 aliphatic carbocycles. The van der Waals surface area contributed by atoms with Crippen LogP contribution in [0.4, 0.5) is 11.4 Å². The second-order valence-electron chi connectivity index (χ2n) is 4.39. The van der Waals surface area contributed by atoms with Crippen LogP contribution in [0.5, 0.6) is 5.75 Å². The summed E-state index contributed by atoms with van der Waals surface area (Å²) in [6.07, 6.45) is 1.22. The molecule has 0 saturated carbocycles. The molecule has 1 saturated heterocycles. The van der Waals surface area contributed by atoms with Crippen molar-refractivity contribution in [3.05, 3.63) is 18.2 Å².